The molecule has 0 aliphatic heterocycles. The van der Waals surface area contributed by atoms with E-state index in [0.29, 0.717) is 6.54 Å². The van der Waals surface area contributed by atoms with Gasteiger partial charge in [0.15, 0.2) is 5.82 Å². The van der Waals surface area contributed by atoms with E-state index in [-0.39, 0.29) is 0 Å². The average molecular weight is 309 g/mol. The molecule has 4 aromatic rings. The third-order valence-corrected chi connectivity index (χ3v) is 3.88. The molecule has 0 spiro atoms. The van der Waals surface area contributed by atoms with Crippen LogP contribution in [0.4, 0.5) is 5.82 Å². The number of para-hydroxylation sites is 2. The normalized spacial score (nSPS) is 11.1. The molecule has 0 saturated carbocycles. The van der Waals surface area contributed by atoms with Gasteiger partial charge in [-0.3, -0.25) is 4.40 Å². The first-order valence-corrected chi connectivity index (χ1v) is 7.38. The molecule has 0 aliphatic carbocycles. The maximum absolute atomic E-state index is 5.91. The van der Waals surface area contributed by atoms with Crippen molar-refractivity contribution in [2.75, 3.05) is 5.32 Å². The average Bonchev–Trinajstić information content (AvgIpc) is 3.04. The number of fused-ring (bicyclic) bond motifs is 3. The second-order valence-electron chi connectivity index (χ2n) is 5.08. The van der Waals surface area contributed by atoms with Crippen LogP contribution in [0.3, 0.4) is 0 Å². The molecule has 22 heavy (non-hydrogen) atoms. The van der Waals surface area contributed by atoms with E-state index in [4.69, 9.17) is 16.6 Å². The Labute approximate surface area is 132 Å². The Balaban J connectivity index is 1.73. The van der Waals surface area contributed by atoms with Crippen LogP contribution in [0.2, 0.25) is 5.02 Å². The third-order valence-electron chi connectivity index (χ3n) is 3.63. The summed E-state index contributed by atoms with van der Waals surface area (Å²) in [6.45, 7) is 0.684. The molecule has 0 bridgehead atoms. The molecule has 0 atom stereocenters. The van der Waals surface area contributed by atoms with Crippen LogP contribution in [0.1, 0.15) is 5.56 Å². The third kappa shape index (κ3) is 2.27. The van der Waals surface area contributed by atoms with Crippen molar-refractivity contribution in [2.24, 2.45) is 0 Å². The second-order valence-corrected chi connectivity index (χ2v) is 5.51. The van der Waals surface area contributed by atoms with E-state index >= 15 is 0 Å². The monoisotopic (exact) mass is 308 g/mol. The van der Waals surface area contributed by atoms with Crippen molar-refractivity contribution >= 4 is 34.0 Å². The quantitative estimate of drug-likeness (QED) is 0.618. The topological polar surface area (TPSA) is 42.2 Å². The fourth-order valence-electron chi connectivity index (χ4n) is 2.52. The first-order chi connectivity index (χ1) is 10.8. The van der Waals surface area contributed by atoms with E-state index in [1.807, 2.05) is 65.5 Å². The van der Waals surface area contributed by atoms with E-state index < -0.39 is 0 Å². The molecule has 0 amide bonds. The van der Waals surface area contributed by atoms with E-state index in [1.165, 1.54) is 0 Å². The van der Waals surface area contributed by atoms with Gasteiger partial charge >= 0.3 is 0 Å². The van der Waals surface area contributed by atoms with Crippen LogP contribution in [0.25, 0.3) is 16.6 Å². The number of hydrogen-bond donors (Lipinski definition) is 1. The summed E-state index contributed by atoms with van der Waals surface area (Å²) in [5, 5.41) is 4.13. The lowest BCUT2D eigenvalue weighted by atomic mass is 10.2. The SMILES string of the molecule is Clc1ccc(CNc2nc3ccccc3n3cncc23)cc1. The van der Waals surface area contributed by atoms with Gasteiger partial charge in [0.1, 0.15) is 5.52 Å². The van der Waals surface area contributed by atoms with Crippen molar-refractivity contribution in [2.45, 2.75) is 6.54 Å². The lowest BCUT2D eigenvalue weighted by Gasteiger charge is -2.10. The second kappa shape index (κ2) is 5.31. The highest BCUT2D eigenvalue weighted by Crippen LogP contribution is 2.22. The number of nitrogens with zero attached hydrogens (tertiary/aromatic N) is 3. The van der Waals surface area contributed by atoms with Crippen LogP contribution >= 0.6 is 11.6 Å². The van der Waals surface area contributed by atoms with Gasteiger partial charge in [-0.1, -0.05) is 35.9 Å². The molecule has 2 aromatic heterocycles. The van der Waals surface area contributed by atoms with Crippen LogP contribution in [-0.2, 0) is 6.54 Å². The zero-order valence-corrected chi connectivity index (χ0v) is 12.5. The molecule has 108 valence electrons. The Morgan fingerprint density at radius 3 is 2.68 bits per heavy atom. The summed E-state index contributed by atoms with van der Waals surface area (Å²) in [7, 11) is 0. The summed E-state index contributed by atoms with van der Waals surface area (Å²) in [4.78, 5) is 8.95. The number of halogens is 1. The van der Waals surface area contributed by atoms with Crippen molar-refractivity contribution < 1.29 is 0 Å². The van der Waals surface area contributed by atoms with Crippen LogP contribution < -0.4 is 5.32 Å². The molecule has 1 N–H and O–H groups in total. The summed E-state index contributed by atoms with van der Waals surface area (Å²) < 4.78 is 2.05. The zero-order valence-electron chi connectivity index (χ0n) is 11.7. The Bertz CT molecular complexity index is 944. The fourth-order valence-corrected chi connectivity index (χ4v) is 2.65. The van der Waals surface area contributed by atoms with Crippen LogP contribution in [0, 0.1) is 0 Å². The maximum Gasteiger partial charge on any atom is 0.153 e. The molecule has 0 radical (unpaired) electrons. The van der Waals surface area contributed by atoms with Gasteiger partial charge in [-0.05, 0) is 29.8 Å². The molecule has 4 nitrogen and oxygen atoms in total. The largest absolute Gasteiger partial charge is 0.364 e. The molecule has 2 aromatic carbocycles. The number of benzene rings is 2. The fraction of sp³-hybridized carbons (Fsp3) is 0.0588. The molecule has 0 saturated heterocycles. The van der Waals surface area contributed by atoms with Crippen LogP contribution in [-0.4, -0.2) is 14.4 Å². The van der Waals surface area contributed by atoms with E-state index in [2.05, 4.69) is 10.3 Å². The van der Waals surface area contributed by atoms with E-state index in [1.54, 1.807) is 0 Å². The minimum absolute atomic E-state index is 0.684. The van der Waals surface area contributed by atoms with Gasteiger partial charge in [0, 0.05) is 11.6 Å². The van der Waals surface area contributed by atoms with Crippen molar-refractivity contribution in [3.63, 3.8) is 0 Å². The Hall–Kier alpha value is -2.59. The first kappa shape index (κ1) is 13.1. The van der Waals surface area contributed by atoms with Crippen molar-refractivity contribution in [1.29, 1.82) is 0 Å². The van der Waals surface area contributed by atoms with E-state index in [9.17, 15) is 0 Å². The highest BCUT2D eigenvalue weighted by molar-refractivity contribution is 6.30. The van der Waals surface area contributed by atoms with Gasteiger partial charge in [-0.2, -0.15) is 0 Å². The molecular weight excluding hydrogens is 296 g/mol. The number of hydrogen-bond acceptors (Lipinski definition) is 3. The Morgan fingerprint density at radius 2 is 1.82 bits per heavy atom. The summed E-state index contributed by atoms with van der Waals surface area (Å²) in [5.74, 6) is 0.825. The highest BCUT2D eigenvalue weighted by atomic mass is 35.5. The van der Waals surface area contributed by atoms with Gasteiger partial charge in [0.05, 0.1) is 23.6 Å². The molecule has 0 fully saturated rings. The van der Waals surface area contributed by atoms with Crippen molar-refractivity contribution in [1.82, 2.24) is 14.4 Å². The van der Waals surface area contributed by atoms with E-state index in [0.717, 1.165) is 33.0 Å². The Kier molecular flexibility index (Phi) is 3.16. The highest BCUT2D eigenvalue weighted by Gasteiger charge is 2.08. The molecule has 4 rings (SSSR count). The summed E-state index contributed by atoms with van der Waals surface area (Å²) >= 11 is 5.91. The lowest BCUT2D eigenvalue weighted by molar-refractivity contribution is 1.11. The molecule has 5 heteroatoms. The number of nitrogens with one attached hydrogen (secondary N) is 1. The van der Waals surface area contributed by atoms with Crippen LogP contribution in [0.5, 0.6) is 0 Å². The molecule has 2 heterocycles. The predicted molar refractivity (Wildman–Crippen MR) is 89.3 cm³/mol. The minimum Gasteiger partial charge on any atom is -0.364 e. The van der Waals surface area contributed by atoms with Gasteiger partial charge in [0.2, 0.25) is 0 Å². The molecule has 0 unspecified atom stereocenters. The first-order valence-electron chi connectivity index (χ1n) is 7.00. The standard InChI is InChI=1S/C17H13ClN4/c18-13-7-5-12(6-8-13)9-20-17-16-10-19-11-22(16)15-4-2-1-3-14(15)21-17/h1-8,10-11H,9H2,(H,20,21). The zero-order chi connectivity index (χ0) is 14.9. The predicted octanol–water partition coefficient (Wildman–Crippen LogP) is 4.15. The summed E-state index contributed by atoms with van der Waals surface area (Å²) in [6.07, 6.45) is 3.64. The number of anilines is 1. The van der Waals surface area contributed by atoms with Gasteiger partial charge in [-0.25, -0.2) is 9.97 Å². The number of aromatic nitrogens is 3. The molecule has 0 aliphatic rings. The van der Waals surface area contributed by atoms with Gasteiger partial charge in [0.25, 0.3) is 0 Å². The van der Waals surface area contributed by atoms with Crippen LogP contribution in [0.15, 0.2) is 61.1 Å². The molecular formula is C17H13ClN4. The van der Waals surface area contributed by atoms with Gasteiger partial charge < -0.3 is 5.32 Å². The van der Waals surface area contributed by atoms with Gasteiger partial charge in [-0.15, -0.1) is 0 Å². The van der Waals surface area contributed by atoms with Crippen molar-refractivity contribution in [3.05, 3.63) is 71.6 Å². The minimum atomic E-state index is 0.684. The lowest BCUT2D eigenvalue weighted by Crippen LogP contribution is -2.04. The number of rotatable bonds is 3. The summed E-state index contributed by atoms with van der Waals surface area (Å²) in [6, 6.07) is 15.8. The Morgan fingerprint density at radius 1 is 1.00 bits per heavy atom. The smallest absolute Gasteiger partial charge is 0.153 e. The maximum atomic E-state index is 5.91. The summed E-state index contributed by atoms with van der Waals surface area (Å²) in [5.41, 5.74) is 4.10. The van der Waals surface area contributed by atoms with Crippen molar-refractivity contribution in [3.8, 4) is 0 Å². The number of imidazole rings is 1.